The minimum Gasteiger partial charge on any atom is -0.457 e. The molecule has 1 unspecified atom stereocenters. The average Bonchev–Trinajstić information content (AvgIpc) is 2.41. The number of aliphatic hydroxyl groups is 1. The van der Waals surface area contributed by atoms with Crippen molar-refractivity contribution in [1.29, 1.82) is 0 Å². The van der Waals surface area contributed by atoms with Crippen LogP contribution >= 0.6 is 7.82 Å². The van der Waals surface area contributed by atoms with Crippen molar-refractivity contribution in [3.8, 4) is 0 Å². The third-order valence-corrected chi connectivity index (χ3v) is 3.27. The SMILES string of the molecule is CCCCCC(=O)O[C@H](CO)COP(=O)(O)OCCN. The second-order valence-electron chi connectivity index (χ2n) is 4.14. The van der Waals surface area contributed by atoms with E-state index in [0.29, 0.717) is 6.42 Å². The Balaban J connectivity index is 4.02. The number of nitrogens with two attached hydrogens (primary N) is 1. The van der Waals surface area contributed by atoms with Gasteiger partial charge in [0.25, 0.3) is 0 Å². The number of phosphoric ester groups is 1. The smallest absolute Gasteiger partial charge is 0.457 e. The maximum Gasteiger partial charge on any atom is 0.472 e. The van der Waals surface area contributed by atoms with E-state index in [4.69, 9.17) is 15.6 Å². The Morgan fingerprint density at radius 2 is 2.05 bits per heavy atom. The Labute approximate surface area is 118 Å². The average molecular weight is 313 g/mol. The Hall–Kier alpha value is -0.500. The van der Waals surface area contributed by atoms with Gasteiger partial charge >= 0.3 is 13.8 Å². The fourth-order valence-corrected chi connectivity index (χ4v) is 2.04. The lowest BCUT2D eigenvalue weighted by Gasteiger charge is -2.17. The van der Waals surface area contributed by atoms with Crippen LogP contribution in [0.25, 0.3) is 0 Å². The molecule has 8 nitrogen and oxygen atoms in total. The molecule has 9 heteroatoms. The van der Waals surface area contributed by atoms with Crippen LogP contribution in [0.2, 0.25) is 0 Å². The number of hydrogen-bond acceptors (Lipinski definition) is 7. The number of phosphoric acid groups is 1. The maximum atomic E-state index is 11.4. The van der Waals surface area contributed by atoms with Gasteiger partial charge in [0.2, 0.25) is 0 Å². The van der Waals surface area contributed by atoms with Gasteiger partial charge in [0.15, 0.2) is 0 Å². The second-order valence-corrected chi connectivity index (χ2v) is 5.59. The number of esters is 1. The highest BCUT2D eigenvalue weighted by atomic mass is 31.2. The summed E-state index contributed by atoms with van der Waals surface area (Å²) in [6.45, 7) is 1.03. The van der Waals surface area contributed by atoms with Gasteiger partial charge in [-0.2, -0.15) is 0 Å². The molecule has 0 aliphatic carbocycles. The highest BCUT2D eigenvalue weighted by molar-refractivity contribution is 7.47. The molecule has 0 heterocycles. The first-order chi connectivity index (χ1) is 9.45. The Bertz CT molecular complexity index is 313. The molecule has 120 valence electrons. The van der Waals surface area contributed by atoms with E-state index in [1.807, 2.05) is 6.92 Å². The molecule has 0 aromatic carbocycles. The predicted octanol–water partition coefficient (Wildman–Crippen LogP) is 0.563. The third-order valence-electron chi connectivity index (χ3n) is 2.28. The van der Waals surface area contributed by atoms with Crippen molar-refractivity contribution >= 4 is 13.8 Å². The number of hydrogen-bond donors (Lipinski definition) is 3. The zero-order valence-corrected chi connectivity index (χ0v) is 12.6. The fraction of sp³-hybridized carbons (Fsp3) is 0.909. The summed E-state index contributed by atoms with van der Waals surface area (Å²) in [4.78, 5) is 20.6. The maximum absolute atomic E-state index is 11.4. The Morgan fingerprint density at radius 1 is 1.35 bits per heavy atom. The zero-order chi connectivity index (χ0) is 15.4. The van der Waals surface area contributed by atoms with E-state index in [1.54, 1.807) is 0 Å². The number of carbonyl (C=O) groups is 1. The van der Waals surface area contributed by atoms with Crippen LogP contribution < -0.4 is 5.73 Å². The lowest BCUT2D eigenvalue weighted by atomic mass is 10.2. The van der Waals surface area contributed by atoms with Crippen LogP contribution in [0.15, 0.2) is 0 Å². The summed E-state index contributed by atoms with van der Waals surface area (Å²) in [5, 5.41) is 9.03. The molecular weight excluding hydrogens is 289 g/mol. The predicted molar refractivity (Wildman–Crippen MR) is 71.9 cm³/mol. The molecule has 0 saturated carbocycles. The quantitative estimate of drug-likeness (QED) is 0.271. The summed E-state index contributed by atoms with van der Waals surface area (Å²) in [6, 6.07) is 0. The molecule has 0 radical (unpaired) electrons. The summed E-state index contributed by atoms with van der Waals surface area (Å²) < 4.78 is 25.3. The van der Waals surface area contributed by atoms with Crippen molar-refractivity contribution < 1.29 is 33.1 Å². The molecule has 0 spiro atoms. The van der Waals surface area contributed by atoms with E-state index in [2.05, 4.69) is 9.05 Å². The van der Waals surface area contributed by atoms with Crippen molar-refractivity contribution in [2.45, 2.75) is 38.7 Å². The second kappa shape index (κ2) is 11.2. The Morgan fingerprint density at radius 3 is 2.60 bits per heavy atom. The first-order valence-electron chi connectivity index (χ1n) is 6.57. The minimum absolute atomic E-state index is 0.0732. The fourth-order valence-electron chi connectivity index (χ4n) is 1.27. The third kappa shape index (κ3) is 10.3. The van der Waals surface area contributed by atoms with Gasteiger partial charge in [0.05, 0.1) is 19.8 Å². The minimum atomic E-state index is -4.23. The molecule has 0 saturated heterocycles. The van der Waals surface area contributed by atoms with E-state index in [-0.39, 0.29) is 19.6 Å². The molecule has 0 aliphatic rings. The molecule has 0 aromatic rings. The van der Waals surface area contributed by atoms with Crippen molar-refractivity contribution in [2.75, 3.05) is 26.4 Å². The van der Waals surface area contributed by atoms with Gasteiger partial charge in [0.1, 0.15) is 6.10 Å². The van der Waals surface area contributed by atoms with Crippen molar-refractivity contribution in [1.82, 2.24) is 0 Å². The lowest BCUT2D eigenvalue weighted by Crippen LogP contribution is -2.27. The highest BCUT2D eigenvalue weighted by Crippen LogP contribution is 2.42. The normalized spacial score (nSPS) is 15.6. The molecule has 0 aliphatic heterocycles. The van der Waals surface area contributed by atoms with Crippen molar-refractivity contribution in [2.24, 2.45) is 5.73 Å². The molecule has 0 bridgehead atoms. The molecule has 2 atom stereocenters. The van der Waals surface area contributed by atoms with Gasteiger partial charge in [-0.05, 0) is 6.42 Å². The number of carbonyl (C=O) groups excluding carboxylic acids is 1. The number of ether oxygens (including phenoxy) is 1. The topological polar surface area (TPSA) is 128 Å². The van der Waals surface area contributed by atoms with Crippen LogP contribution in [0, 0.1) is 0 Å². The summed E-state index contributed by atoms with van der Waals surface area (Å²) in [5.41, 5.74) is 5.12. The molecule has 20 heavy (non-hydrogen) atoms. The molecule has 0 fully saturated rings. The van der Waals surface area contributed by atoms with Crippen LogP contribution in [0.3, 0.4) is 0 Å². The van der Waals surface area contributed by atoms with Crippen LogP contribution in [-0.2, 0) is 23.1 Å². The van der Waals surface area contributed by atoms with Gasteiger partial charge in [-0.1, -0.05) is 19.8 Å². The molecule has 4 N–H and O–H groups in total. The van der Waals surface area contributed by atoms with E-state index >= 15 is 0 Å². The van der Waals surface area contributed by atoms with Gasteiger partial charge in [-0.3, -0.25) is 13.8 Å². The van der Waals surface area contributed by atoms with Gasteiger partial charge in [-0.25, -0.2) is 4.57 Å². The Kier molecular flexibility index (Phi) is 10.9. The molecule has 0 aromatic heterocycles. The first-order valence-corrected chi connectivity index (χ1v) is 8.07. The van der Waals surface area contributed by atoms with Crippen LogP contribution in [0.1, 0.15) is 32.6 Å². The molecule has 0 amide bonds. The standard InChI is InChI=1S/C11H24NO7P/c1-2-3-4-5-11(14)19-10(8-13)9-18-20(15,16)17-7-6-12/h10,13H,2-9,12H2,1H3,(H,15,16)/t10-/m1/s1. The number of rotatable bonds is 12. The lowest BCUT2D eigenvalue weighted by molar-refractivity contribution is -0.153. The summed E-state index contributed by atoms with van der Waals surface area (Å²) in [5.74, 6) is -0.475. The van der Waals surface area contributed by atoms with Crippen molar-refractivity contribution in [3.63, 3.8) is 0 Å². The van der Waals surface area contributed by atoms with Crippen LogP contribution in [0.5, 0.6) is 0 Å². The summed E-state index contributed by atoms with van der Waals surface area (Å²) in [6.07, 6.45) is 1.84. The highest BCUT2D eigenvalue weighted by Gasteiger charge is 2.24. The zero-order valence-electron chi connectivity index (χ0n) is 11.7. The largest absolute Gasteiger partial charge is 0.472 e. The number of unbranched alkanes of at least 4 members (excludes halogenated alkanes) is 2. The monoisotopic (exact) mass is 313 g/mol. The van der Waals surface area contributed by atoms with Gasteiger partial charge < -0.3 is 20.5 Å². The van der Waals surface area contributed by atoms with Crippen molar-refractivity contribution in [3.05, 3.63) is 0 Å². The van der Waals surface area contributed by atoms with E-state index in [9.17, 15) is 14.3 Å². The van der Waals surface area contributed by atoms with E-state index in [1.165, 1.54) is 0 Å². The molecular formula is C11H24NO7P. The first kappa shape index (κ1) is 19.5. The summed E-state index contributed by atoms with van der Waals surface area (Å²) in [7, 11) is -4.23. The van der Waals surface area contributed by atoms with E-state index in [0.717, 1.165) is 12.8 Å². The van der Waals surface area contributed by atoms with Gasteiger partial charge in [0, 0.05) is 13.0 Å². The van der Waals surface area contributed by atoms with Gasteiger partial charge in [-0.15, -0.1) is 0 Å². The summed E-state index contributed by atoms with van der Waals surface area (Å²) >= 11 is 0. The molecule has 0 rings (SSSR count). The van der Waals surface area contributed by atoms with Crippen LogP contribution in [-0.4, -0.2) is 48.4 Å². The van der Waals surface area contributed by atoms with E-state index < -0.39 is 33.1 Å². The van der Waals surface area contributed by atoms with Crippen LogP contribution in [0.4, 0.5) is 0 Å². The number of aliphatic hydroxyl groups excluding tert-OH is 1.